The molecular weight excluding hydrogens is 310 g/mol. The minimum Gasteiger partial charge on any atom is -0.388 e. The summed E-state index contributed by atoms with van der Waals surface area (Å²) in [5.41, 5.74) is 2.76. The van der Waals surface area contributed by atoms with E-state index in [1.165, 1.54) is 0 Å². The molecule has 1 unspecified atom stereocenters. The largest absolute Gasteiger partial charge is 0.388 e. The number of rotatable bonds is 6. The third kappa shape index (κ3) is 4.55. The molecule has 0 saturated carbocycles. The average Bonchev–Trinajstić information content (AvgIpc) is 2.68. The predicted octanol–water partition coefficient (Wildman–Crippen LogP) is 4.02. The minimum atomic E-state index is -0.812. The van der Waals surface area contributed by atoms with Gasteiger partial charge in [-0.15, -0.1) is 0 Å². The van der Waals surface area contributed by atoms with Gasteiger partial charge < -0.3 is 10.4 Å². The molecule has 0 saturated heterocycles. The van der Waals surface area contributed by atoms with Crippen molar-refractivity contribution in [2.24, 2.45) is 0 Å². The Morgan fingerprint density at radius 2 is 1.12 bits per heavy atom. The summed E-state index contributed by atoms with van der Waals surface area (Å²) in [6.07, 6.45) is -0.784. The summed E-state index contributed by atoms with van der Waals surface area (Å²) in [6.45, 7) is 0. The number of amides is 1. The first-order chi connectivity index (χ1) is 12.2. The van der Waals surface area contributed by atoms with Crippen LogP contribution >= 0.6 is 0 Å². The Morgan fingerprint density at radius 3 is 1.56 bits per heavy atom. The Labute approximate surface area is 148 Å². The quantitative estimate of drug-likeness (QED) is 0.717. The SMILES string of the molecule is O=C(CC(O)c1ccccc1)NC(c1ccccc1)c1ccccc1. The Balaban J connectivity index is 1.75. The van der Waals surface area contributed by atoms with Gasteiger partial charge in [0.2, 0.25) is 5.91 Å². The molecule has 0 aliphatic rings. The molecule has 1 amide bonds. The van der Waals surface area contributed by atoms with Crippen molar-refractivity contribution in [3.63, 3.8) is 0 Å². The van der Waals surface area contributed by atoms with E-state index in [0.29, 0.717) is 0 Å². The third-order valence-corrected chi connectivity index (χ3v) is 4.13. The van der Waals surface area contributed by atoms with Crippen LogP contribution in [0.3, 0.4) is 0 Å². The van der Waals surface area contributed by atoms with Crippen LogP contribution in [-0.4, -0.2) is 11.0 Å². The number of carbonyl (C=O) groups excluding carboxylic acids is 1. The summed E-state index contributed by atoms with van der Waals surface area (Å²) < 4.78 is 0. The summed E-state index contributed by atoms with van der Waals surface area (Å²) >= 11 is 0. The first-order valence-electron chi connectivity index (χ1n) is 8.36. The van der Waals surface area contributed by atoms with Gasteiger partial charge in [-0.05, 0) is 16.7 Å². The molecule has 2 N–H and O–H groups in total. The molecule has 0 bridgehead atoms. The van der Waals surface area contributed by atoms with E-state index in [1.54, 1.807) is 0 Å². The number of hydrogen-bond donors (Lipinski definition) is 2. The normalized spacial score (nSPS) is 11.9. The van der Waals surface area contributed by atoms with Crippen LogP contribution in [-0.2, 0) is 4.79 Å². The lowest BCUT2D eigenvalue weighted by Crippen LogP contribution is -2.30. The van der Waals surface area contributed by atoms with Crippen molar-refractivity contribution in [1.82, 2.24) is 5.32 Å². The highest BCUT2D eigenvalue weighted by Crippen LogP contribution is 2.23. The number of hydrogen-bond acceptors (Lipinski definition) is 2. The molecule has 1 atom stereocenters. The van der Waals surface area contributed by atoms with Crippen LogP contribution in [0, 0.1) is 0 Å². The molecule has 3 nitrogen and oxygen atoms in total. The number of aliphatic hydroxyl groups excluding tert-OH is 1. The summed E-state index contributed by atoms with van der Waals surface area (Å²) in [5, 5.41) is 13.3. The molecule has 0 fully saturated rings. The second-order valence-electron chi connectivity index (χ2n) is 5.95. The van der Waals surface area contributed by atoms with Gasteiger partial charge >= 0.3 is 0 Å². The fourth-order valence-corrected chi connectivity index (χ4v) is 2.84. The van der Waals surface area contributed by atoms with Gasteiger partial charge in [-0.25, -0.2) is 0 Å². The van der Waals surface area contributed by atoms with Gasteiger partial charge in [0.05, 0.1) is 18.6 Å². The molecular formula is C22H21NO2. The van der Waals surface area contributed by atoms with Gasteiger partial charge in [0, 0.05) is 0 Å². The third-order valence-electron chi connectivity index (χ3n) is 4.13. The lowest BCUT2D eigenvalue weighted by Gasteiger charge is -2.21. The van der Waals surface area contributed by atoms with Crippen molar-refractivity contribution in [3.05, 3.63) is 108 Å². The minimum absolute atomic E-state index is 0.0280. The van der Waals surface area contributed by atoms with Crippen molar-refractivity contribution in [2.45, 2.75) is 18.6 Å². The number of nitrogens with one attached hydrogen (secondary N) is 1. The summed E-state index contributed by atoms with van der Waals surface area (Å²) in [6, 6.07) is 28.7. The number of aliphatic hydroxyl groups is 1. The number of carbonyl (C=O) groups is 1. The van der Waals surface area contributed by atoms with Crippen LogP contribution in [0.25, 0.3) is 0 Å². The van der Waals surface area contributed by atoms with E-state index in [-0.39, 0.29) is 18.4 Å². The highest BCUT2D eigenvalue weighted by molar-refractivity contribution is 5.77. The van der Waals surface area contributed by atoms with E-state index < -0.39 is 6.10 Å². The zero-order valence-corrected chi connectivity index (χ0v) is 13.9. The standard InChI is InChI=1S/C22H21NO2/c24-20(17-10-4-1-5-11-17)16-21(25)23-22(18-12-6-2-7-13-18)19-14-8-3-9-15-19/h1-15,20,22,24H,16H2,(H,23,25). The first kappa shape index (κ1) is 16.9. The molecule has 0 aromatic heterocycles. The van der Waals surface area contributed by atoms with Gasteiger partial charge in [0.15, 0.2) is 0 Å². The van der Waals surface area contributed by atoms with Gasteiger partial charge in [-0.2, -0.15) is 0 Å². The molecule has 0 aliphatic carbocycles. The summed E-state index contributed by atoms with van der Waals surface area (Å²) in [4.78, 5) is 12.5. The maximum absolute atomic E-state index is 12.5. The fourth-order valence-electron chi connectivity index (χ4n) is 2.84. The molecule has 3 aromatic carbocycles. The monoisotopic (exact) mass is 331 g/mol. The van der Waals surface area contributed by atoms with E-state index in [1.807, 2.05) is 91.0 Å². The van der Waals surface area contributed by atoms with E-state index in [4.69, 9.17) is 0 Å². The Kier molecular flexibility index (Phi) is 5.60. The van der Waals surface area contributed by atoms with E-state index in [2.05, 4.69) is 5.32 Å². The molecule has 0 aliphatic heterocycles. The molecule has 3 aromatic rings. The van der Waals surface area contributed by atoms with Crippen LogP contribution in [0.5, 0.6) is 0 Å². The van der Waals surface area contributed by atoms with Gasteiger partial charge in [-0.3, -0.25) is 4.79 Å². The van der Waals surface area contributed by atoms with Crippen molar-refractivity contribution >= 4 is 5.91 Å². The molecule has 126 valence electrons. The Hall–Kier alpha value is -2.91. The molecule has 0 heterocycles. The van der Waals surface area contributed by atoms with Crippen molar-refractivity contribution < 1.29 is 9.90 Å². The van der Waals surface area contributed by atoms with Crippen molar-refractivity contribution in [2.75, 3.05) is 0 Å². The molecule has 3 heteroatoms. The fraction of sp³-hybridized carbons (Fsp3) is 0.136. The predicted molar refractivity (Wildman–Crippen MR) is 98.9 cm³/mol. The van der Waals surface area contributed by atoms with E-state index in [9.17, 15) is 9.90 Å². The Bertz CT molecular complexity index is 749. The first-order valence-corrected chi connectivity index (χ1v) is 8.36. The Morgan fingerprint density at radius 1 is 0.720 bits per heavy atom. The highest BCUT2D eigenvalue weighted by Gasteiger charge is 2.19. The zero-order chi connectivity index (χ0) is 17.5. The highest BCUT2D eigenvalue weighted by atomic mass is 16.3. The van der Waals surface area contributed by atoms with E-state index in [0.717, 1.165) is 16.7 Å². The maximum Gasteiger partial charge on any atom is 0.223 e. The van der Waals surface area contributed by atoms with Gasteiger partial charge in [0.25, 0.3) is 0 Å². The number of benzene rings is 3. The van der Waals surface area contributed by atoms with Crippen molar-refractivity contribution in [1.29, 1.82) is 0 Å². The lowest BCUT2D eigenvalue weighted by molar-refractivity contribution is -0.123. The lowest BCUT2D eigenvalue weighted by atomic mass is 9.98. The van der Waals surface area contributed by atoms with Crippen LogP contribution in [0.1, 0.15) is 35.3 Å². The zero-order valence-electron chi connectivity index (χ0n) is 13.9. The smallest absolute Gasteiger partial charge is 0.223 e. The summed E-state index contributed by atoms with van der Waals surface area (Å²) in [7, 11) is 0. The maximum atomic E-state index is 12.5. The second kappa shape index (κ2) is 8.27. The molecule has 0 radical (unpaired) electrons. The van der Waals surface area contributed by atoms with Crippen LogP contribution < -0.4 is 5.32 Å². The van der Waals surface area contributed by atoms with Crippen molar-refractivity contribution in [3.8, 4) is 0 Å². The molecule has 25 heavy (non-hydrogen) atoms. The topological polar surface area (TPSA) is 49.3 Å². The van der Waals surface area contributed by atoms with Crippen LogP contribution in [0.15, 0.2) is 91.0 Å². The average molecular weight is 331 g/mol. The summed E-state index contributed by atoms with van der Waals surface area (Å²) in [5.74, 6) is -0.186. The second-order valence-corrected chi connectivity index (χ2v) is 5.95. The van der Waals surface area contributed by atoms with Crippen LogP contribution in [0.2, 0.25) is 0 Å². The van der Waals surface area contributed by atoms with Crippen LogP contribution in [0.4, 0.5) is 0 Å². The molecule has 3 rings (SSSR count). The van der Waals surface area contributed by atoms with Gasteiger partial charge in [0.1, 0.15) is 0 Å². The van der Waals surface area contributed by atoms with E-state index >= 15 is 0 Å². The van der Waals surface area contributed by atoms with Gasteiger partial charge in [-0.1, -0.05) is 91.0 Å². The molecule has 0 spiro atoms.